The van der Waals surface area contributed by atoms with E-state index < -0.39 is 5.60 Å². The smallest absolute Gasteiger partial charge is 0.232 e. The Labute approximate surface area is 140 Å². The van der Waals surface area contributed by atoms with Gasteiger partial charge in [-0.25, -0.2) is 4.98 Å². The molecule has 1 aromatic carbocycles. The Morgan fingerprint density at radius 3 is 2.70 bits per heavy atom. The molecule has 0 bridgehead atoms. The summed E-state index contributed by atoms with van der Waals surface area (Å²) in [6.07, 6.45) is 1.63. The number of nitrogens with zero attached hydrogens (tertiary/aromatic N) is 2. The van der Waals surface area contributed by atoms with Gasteiger partial charge in [0, 0.05) is 24.9 Å². The molecule has 124 valence electrons. The molecular formula is C17H22N2O3S. The van der Waals surface area contributed by atoms with Gasteiger partial charge in [-0.3, -0.25) is 4.79 Å². The van der Waals surface area contributed by atoms with Crippen molar-refractivity contribution in [3.05, 3.63) is 42.3 Å². The second kappa shape index (κ2) is 7.66. The highest BCUT2D eigenvalue weighted by atomic mass is 32.2. The van der Waals surface area contributed by atoms with E-state index in [1.165, 1.54) is 11.8 Å². The Morgan fingerprint density at radius 2 is 2.04 bits per heavy atom. The van der Waals surface area contributed by atoms with Gasteiger partial charge in [0.15, 0.2) is 0 Å². The van der Waals surface area contributed by atoms with Crippen molar-refractivity contribution in [2.75, 3.05) is 19.3 Å². The van der Waals surface area contributed by atoms with Crippen molar-refractivity contribution in [2.45, 2.75) is 25.2 Å². The van der Waals surface area contributed by atoms with E-state index >= 15 is 0 Å². The fourth-order valence-corrected chi connectivity index (χ4v) is 2.95. The van der Waals surface area contributed by atoms with Crippen LogP contribution in [0.2, 0.25) is 0 Å². The molecule has 0 saturated carbocycles. The maximum Gasteiger partial charge on any atom is 0.232 e. The van der Waals surface area contributed by atoms with Gasteiger partial charge in [0.05, 0.1) is 17.0 Å². The van der Waals surface area contributed by atoms with Crippen molar-refractivity contribution in [2.24, 2.45) is 0 Å². The maximum atomic E-state index is 12.0. The molecule has 1 amide bonds. The highest BCUT2D eigenvalue weighted by molar-refractivity contribution is 7.99. The van der Waals surface area contributed by atoms with Gasteiger partial charge in [-0.05, 0) is 26.0 Å². The van der Waals surface area contributed by atoms with Gasteiger partial charge in [0.2, 0.25) is 11.8 Å². The number of aromatic nitrogens is 1. The number of hydrogen-bond donors (Lipinski definition) is 1. The lowest BCUT2D eigenvalue weighted by atomic mass is 10.1. The van der Waals surface area contributed by atoms with E-state index in [0.29, 0.717) is 23.9 Å². The number of carbonyl (C=O) groups excluding carboxylic acids is 1. The first-order chi connectivity index (χ1) is 10.8. The summed E-state index contributed by atoms with van der Waals surface area (Å²) in [5.74, 6) is 1.54. The average Bonchev–Trinajstić information content (AvgIpc) is 2.95. The van der Waals surface area contributed by atoms with Crippen LogP contribution in [0.1, 0.15) is 19.5 Å². The largest absolute Gasteiger partial charge is 0.444 e. The number of hydrogen-bond acceptors (Lipinski definition) is 5. The lowest BCUT2D eigenvalue weighted by molar-refractivity contribution is -0.129. The summed E-state index contributed by atoms with van der Waals surface area (Å²) in [5.41, 5.74) is 0.864. The summed E-state index contributed by atoms with van der Waals surface area (Å²) in [6, 6.07) is 9.70. The molecule has 5 nitrogen and oxygen atoms in total. The second-order valence-electron chi connectivity index (χ2n) is 6.07. The molecule has 6 heteroatoms. The normalized spacial score (nSPS) is 11.5. The molecule has 2 aromatic rings. The minimum atomic E-state index is -0.883. The van der Waals surface area contributed by atoms with Gasteiger partial charge < -0.3 is 14.4 Å². The van der Waals surface area contributed by atoms with Crippen molar-refractivity contribution in [3.63, 3.8) is 0 Å². The van der Waals surface area contributed by atoms with Crippen molar-refractivity contribution in [1.82, 2.24) is 9.88 Å². The lowest BCUT2D eigenvalue weighted by Gasteiger charge is -2.25. The van der Waals surface area contributed by atoms with Crippen molar-refractivity contribution < 1.29 is 14.3 Å². The first kappa shape index (κ1) is 17.6. The average molecular weight is 334 g/mol. The quantitative estimate of drug-likeness (QED) is 0.843. The van der Waals surface area contributed by atoms with E-state index in [-0.39, 0.29) is 5.91 Å². The van der Waals surface area contributed by atoms with Crippen LogP contribution in [-0.4, -0.2) is 45.8 Å². The predicted octanol–water partition coefficient (Wildman–Crippen LogP) is 2.80. The molecule has 0 atom stereocenters. The fourth-order valence-electron chi connectivity index (χ4n) is 2.11. The minimum Gasteiger partial charge on any atom is -0.444 e. The molecule has 0 radical (unpaired) electrons. The minimum absolute atomic E-state index is 0.0103. The summed E-state index contributed by atoms with van der Waals surface area (Å²) < 4.78 is 5.47. The van der Waals surface area contributed by atoms with Crippen LogP contribution in [0.3, 0.4) is 0 Å². The second-order valence-corrected chi connectivity index (χ2v) is 7.05. The standard InChI is InChI=1S/C17H22N2O3S/c1-17(2,21)12-19(3)15(20)11-23-10-14-9-22-16(18-14)13-7-5-4-6-8-13/h4-9,21H,10-12H2,1-3H3. The SMILES string of the molecule is CN(CC(C)(C)O)C(=O)CSCc1coc(-c2ccccc2)n1. The molecule has 0 fully saturated rings. The number of thioether (sulfide) groups is 1. The first-order valence-electron chi connectivity index (χ1n) is 7.39. The molecule has 23 heavy (non-hydrogen) atoms. The summed E-state index contributed by atoms with van der Waals surface area (Å²) in [6.45, 7) is 3.68. The number of likely N-dealkylation sites (N-methyl/N-ethyl adjacent to an activating group) is 1. The van der Waals surface area contributed by atoms with Gasteiger partial charge >= 0.3 is 0 Å². The molecule has 0 aliphatic rings. The molecule has 1 heterocycles. The number of aliphatic hydroxyl groups is 1. The van der Waals surface area contributed by atoms with E-state index in [1.54, 1.807) is 32.1 Å². The Balaban J connectivity index is 1.81. The zero-order valence-electron chi connectivity index (χ0n) is 13.7. The van der Waals surface area contributed by atoms with Crippen molar-refractivity contribution >= 4 is 17.7 Å². The number of benzene rings is 1. The first-order valence-corrected chi connectivity index (χ1v) is 8.54. The third-order valence-electron chi connectivity index (χ3n) is 3.10. The highest BCUT2D eigenvalue weighted by Crippen LogP contribution is 2.20. The summed E-state index contributed by atoms with van der Waals surface area (Å²) >= 11 is 1.48. The van der Waals surface area contributed by atoms with Crippen LogP contribution in [0.15, 0.2) is 41.0 Å². The van der Waals surface area contributed by atoms with Crippen LogP contribution in [0, 0.1) is 0 Å². The van der Waals surface area contributed by atoms with Gasteiger partial charge in [-0.15, -0.1) is 11.8 Å². The molecule has 0 aliphatic heterocycles. The van der Waals surface area contributed by atoms with Crippen molar-refractivity contribution in [1.29, 1.82) is 0 Å². The zero-order chi connectivity index (χ0) is 16.9. The zero-order valence-corrected chi connectivity index (χ0v) is 14.5. The number of carbonyl (C=O) groups is 1. The van der Waals surface area contributed by atoms with Crippen LogP contribution in [0.4, 0.5) is 0 Å². The summed E-state index contributed by atoms with van der Waals surface area (Å²) in [7, 11) is 1.70. The Hall–Kier alpha value is -1.79. The predicted molar refractivity (Wildman–Crippen MR) is 92.0 cm³/mol. The molecule has 1 aromatic heterocycles. The Morgan fingerprint density at radius 1 is 1.35 bits per heavy atom. The van der Waals surface area contributed by atoms with Gasteiger partial charge in [0.1, 0.15) is 6.26 Å². The highest BCUT2D eigenvalue weighted by Gasteiger charge is 2.19. The van der Waals surface area contributed by atoms with Crippen LogP contribution >= 0.6 is 11.8 Å². The molecule has 0 unspecified atom stereocenters. The Bertz CT molecular complexity index is 635. The van der Waals surface area contributed by atoms with Gasteiger partial charge in [-0.2, -0.15) is 0 Å². The summed E-state index contributed by atoms with van der Waals surface area (Å²) in [5, 5.41) is 9.73. The van der Waals surface area contributed by atoms with Crippen LogP contribution < -0.4 is 0 Å². The topological polar surface area (TPSA) is 66.6 Å². The molecule has 1 N–H and O–H groups in total. The lowest BCUT2D eigenvalue weighted by Crippen LogP contribution is -2.40. The summed E-state index contributed by atoms with van der Waals surface area (Å²) in [4.78, 5) is 18.0. The molecule has 0 spiro atoms. The van der Waals surface area contributed by atoms with E-state index in [4.69, 9.17) is 4.42 Å². The number of amides is 1. The van der Waals surface area contributed by atoms with Crippen molar-refractivity contribution in [3.8, 4) is 11.5 Å². The molecular weight excluding hydrogens is 312 g/mol. The van der Waals surface area contributed by atoms with Crippen LogP contribution in [0.5, 0.6) is 0 Å². The molecule has 0 saturated heterocycles. The van der Waals surface area contributed by atoms with Crippen LogP contribution in [-0.2, 0) is 10.5 Å². The number of oxazole rings is 1. The fraction of sp³-hybridized carbons (Fsp3) is 0.412. The maximum absolute atomic E-state index is 12.0. The third-order valence-corrected chi connectivity index (χ3v) is 4.05. The monoisotopic (exact) mass is 334 g/mol. The third kappa shape index (κ3) is 5.73. The van der Waals surface area contributed by atoms with E-state index in [0.717, 1.165) is 11.3 Å². The molecule has 2 rings (SSSR count). The number of rotatable bonds is 7. The van der Waals surface area contributed by atoms with Crippen LogP contribution in [0.25, 0.3) is 11.5 Å². The Kier molecular flexibility index (Phi) is 5.85. The molecule has 0 aliphatic carbocycles. The van der Waals surface area contributed by atoms with E-state index in [1.807, 2.05) is 30.3 Å². The van der Waals surface area contributed by atoms with E-state index in [9.17, 15) is 9.90 Å². The van der Waals surface area contributed by atoms with Gasteiger partial charge in [-0.1, -0.05) is 18.2 Å². The van der Waals surface area contributed by atoms with Gasteiger partial charge in [0.25, 0.3) is 0 Å². The van der Waals surface area contributed by atoms with E-state index in [2.05, 4.69) is 4.98 Å².